The number of amides is 2. The third-order valence-corrected chi connectivity index (χ3v) is 6.57. The van der Waals surface area contributed by atoms with Gasteiger partial charge in [-0.1, -0.05) is 12.8 Å². The maximum absolute atomic E-state index is 12.7. The first-order valence-corrected chi connectivity index (χ1v) is 10.1. The first-order chi connectivity index (χ1) is 12.5. The summed E-state index contributed by atoms with van der Waals surface area (Å²) in [7, 11) is 0. The summed E-state index contributed by atoms with van der Waals surface area (Å²) in [5.41, 5.74) is 1.37. The molecule has 1 spiro atoms. The first-order valence-electron chi connectivity index (χ1n) is 10.1. The fourth-order valence-electron chi connectivity index (χ4n) is 5.05. The van der Waals surface area contributed by atoms with Crippen molar-refractivity contribution in [2.75, 3.05) is 26.2 Å². The highest BCUT2D eigenvalue weighted by Gasteiger charge is 2.45. The SMILES string of the molecule is Cc1cnn(CC2CCN(C(=O)CN3CC4(CCCC4)CC3=O)CC2)c1. The van der Waals surface area contributed by atoms with E-state index < -0.39 is 0 Å². The zero-order valence-electron chi connectivity index (χ0n) is 15.8. The normalized spacial score (nSPS) is 23.3. The number of piperidine rings is 1. The number of hydrogen-bond acceptors (Lipinski definition) is 3. The molecule has 6 heteroatoms. The number of aryl methyl sites for hydroxylation is 1. The quantitative estimate of drug-likeness (QED) is 0.829. The van der Waals surface area contributed by atoms with Crippen LogP contribution in [0.3, 0.4) is 0 Å². The van der Waals surface area contributed by atoms with Crippen molar-refractivity contribution in [3.63, 3.8) is 0 Å². The highest BCUT2D eigenvalue weighted by molar-refractivity contribution is 5.86. The van der Waals surface area contributed by atoms with Gasteiger partial charge in [0, 0.05) is 38.8 Å². The van der Waals surface area contributed by atoms with E-state index >= 15 is 0 Å². The van der Waals surface area contributed by atoms with Gasteiger partial charge in [-0.2, -0.15) is 5.10 Å². The summed E-state index contributed by atoms with van der Waals surface area (Å²) < 4.78 is 2.02. The summed E-state index contributed by atoms with van der Waals surface area (Å²) in [6.07, 6.45) is 11.4. The van der Waals surface area contributed by atoms with Gasteiger partial charge < -0.3 is 9.80 Å². The summed E-state index contributed by atoms with van der Waals surface area (Å²) in [6, 6.07) is 0. The van der Waals surface area contributed by atoms with Gasteiger partial charge >= 0.3 is 0 Å². The number of aromatic nitrogens is 2. The molecule has 2 saturated heterocycles. The molecule has 0 N–H and O–H groups in total. The smallest absolute Gasteiger partial charge is 0.242 e. The molecule has 6 nitrogen and oxygen atoms in total. The van der Waals surface area contributed by atoms with Crippen LogP contribution in [-0.2, 0) is 16.1 Å². The van der Waals surface area contributed by atoms with Gasteiger partial charge in [-0.05, 0) is 49.5 Å². The van der Waals surface area contributed by atoms with E-state index in [0.717, 1.165) is 51.9 Å². The predicted molar refractivity (Wildman–Crippen MR) is 98.4 cm³/mol. The third kappa shape index (κ3) is 3.64. The van der Waals surface area contributed by atoms with Crippen LogP contribution in [0, 0.1) is 18.3 Å². The van der Waals surface area contributed by atoms with E-state index in [2.05, 4.69) is 18.2 Å². The molecular weight excluding hydrogens is 328 g/mol. The zero-order chi connectivity index (χ0) is 18.1. The Hall–Kier alpha value is -1.85. The molecule has 0 atom stereocenters. The van der Waals surface area contributed by atoms with Gasteiger partial charge in [-0.15, -0.1) is 0 Å². The average Bonchev–Trinajstić information content (AvgIpc) is 3.31. The first kappa shape index (κ1) is 17.6. The Balaban J connectivity index is 1.25. The lowest BCUT2D eigenvalue weighted by atomic mass is 9.85. The largest absolute Gasteiger partial charge is 0.341 e. The van der Waals surface area contributed by atoms with Crippen LogP contribution in [-0.4, -0.2) is 57.6 Å². The number of carbonyl (C=O) groups excluding carboxylic acids is 2. The van der Waals surface area contributed by atoms with Crippen LogP contribution < -0.4 is 0 Å². The molecule has 4 rings (SSSR count). The number of carbonyl (C=O) groups is 2. The molecule has 26 heavy (non-hydrogen) atoms. The summed E-state index contributed by atoms with van der Waals surface area (Å²) >= 11 is 0. The van der Waals surface area contributed by atoms with Crippen LogP contribution in [0.15, 0.2) is 12.4 Å². The maximum atomic E-state index is 12.7. The molecule has 0 unspecified atom stereocenters. The lowest BCUT2D eigenvalue weighted by Gasteiger charge is -2.33. The van der Waals surface area contributed by atoms with Crippen molar-refractivity contribution in [2.24, 2.45) is 11.3 Å². The standard InChI is InChI=1S/C20H30N4O2/c1-16-11-21-24(12-16)13-17-4-8-22(9-5-17)19(26)14-23-15-20(10-18(23)25)6-2-3-7-20/h11-12,17H,2-10,13-15H2,1H3. The predicted octanol–water partition coefficient (Wildman–Crippen LogP) is 2.22. The van der Waals surface area contributed by atoms with Crippen molar-refractivity contribution in [3.8, 4) is 0 Å². The number of rotatable bonds is 4. The maximum Gasteiger partial charge on any atom is 0.242 e. The molecule has 3 aliphatic rings. The molecule has 0 aromatic carbocycles. The van der Waals surface area contributed by atoms with Crippen LogP contribution in [0.4, 0.5) is 0 Å². The van der Waals surface area contributed by atoms with Gasteiger partial charge in [0.05, 0.1) is 12.7 Å². The second-order valence-electron chi connectivity index (χ2n) is 8.70. The average molecular weight is 358 g/mol. The fourth-order valence-corrected chi connectivity index (χ4v) is 5.05. The number of hydrogen-bond donors (Lipinski definition) is 0. The number of nitrogens with zero attached hydrogens (tertiary/aromatic N) is 4. The molecule has 1 aromatic rings. The van der Waals surface area contributed by atoms with Gasteiger partial charge in [-0.3, -0.25) is 14.3 Å². The molecule has 2 aliphatic heterocycles. The van der Waals surface area contributed by atoms with E-state index in [1.165, 1.54) is 18.4 Å². The minimum atomic E-state index is 0.127. The Kier molecular flexibility index (Phi) is 4.76. The Labute approximate surface area is 155 Å². The Morgan fingerprint density at radius 3 is 2.65 bits per heavy atom. The zero-order valence-corrected chi connectivity index (χ0v) is 15.8. The molecule has 3 heterocycles. The molecular formula is C20H30N4O2. The molecule has 1 aliphatic carbocycles. The lowest BCUT2D eigenvalue weighted by molar-refractivity contribution is -0.139. The summed E-state index contributed by atoms with van der Waals surface area (Å²) in [4.78, 5) is 28.8. The number of likely N-dealkylation sites (tertiary alicyclic amines) is 2. The van der Waals surface area contributed by atoms with Crippen molar-refractivity contribution in [2.45, 2.75) is 58.4 Å². The summed E-state index contributed by atoms with van der Waals surface area (Å²) in [5.74, 6) is 0.888. The van der Waals surface area contributed by atoms with Crippen LogP contribution >= 0.6 is 0 Å². The van der Waals surface area contributed by atoms with Crippen molar-refractivity contribution in [1.29, 1.82) is 0 Å². The molecule has 0 bridgehead atoms. The second kappa shape index (κ2) is 7.05. The molecule has 1 saturated carbocycles. The van der Waals surface area contributed by atoms with E-state index in [-0.39, 0.29) is 23.8 Å². The van der Waals surface area contributed by atoms with E-state index in [0.29, 0.717) is 12.3 Å². The minimum Gasteiger partial charge on any atom is -0.341 e. The van der Waals surface area contributed by atoms with Gasteiger partial charge in [0.15, 0.2) is 0 Å². The minimum absolute atomic E-state index is 0.127. The van der Waals surface area contributed by atoms with Crippen LogP contribution in [0.25, 0.3) is 0 Å². The second-order valence-corrected chi connectivity index (χ2v) is 8.70. The van der Waals surface area contributed by atoms with Crippen LogP contribution in [0.5, 0.6) is 0 Å². The molecule has 2 amide bonds. The van der Waals surface area contributed by atoms with E-state index in [9.17, 15) is 9.59 Å². The Bertz CT molecular complexity index is 669. The fraction of sp³-hybridized carbons (Fsp3) is 0.750. The third-order valence-electron chi connectivity index (χ3n) is 6.57. The van der Waals surface area contributed by atoms with Gasteiger partial charge in [-0.25, -0.2) is 0 Å². The lowest BCUT2D eigenvalue weighted by Crippen LogP contribution is -2.45. The van der Waals surface area contributed by atoms with Crippen molar-refractivity contribution in [1.82, 2.24) is 19.6 Å². The molecule has 3 fully saturated rings. The van der Waals surface area contributed by atoms with Crippen LogP contribution in [0.2, 0.25) is 0 Å². The highest BCUT2D eigenvalue weighted by atomic mass is 16.2. The van der Waals surface area contributed by atoms with E-state index in [4.69, 9.17) is 0 Å². The summed E-state index contributed by atoms with van der Waals surface area (Å²) in [6.45, 7) is 5.67. The van der Waals surface area contributed by atoms with Crippen LogP contribution in [0.1, 0.15) is 50.5 Å². The van der Waals surface area contributed by atoms with Gasteiger partial charge in [0.25, 0.3) is 0 Å². The van der Waals surface area contributed by atoms with Crippen molar-refractivity contribution >= 4 is 11.8 Å². The van der Waals surface area contributed by atoms with Crippen molar-refractivity contribution in [3.05, 3.63) is 18.0 Å². The molecule has 0 radical (unpaired) electrons. The Morgan fingerprint density at radius 2 is 2.00 bits per heavy atom. The monoisotopic (exact) mass is 358 g/mol. The Morgan fingerprint density at radius 1 is 1.27 bits per heavy atom. The molecule has 1 aromatic heterocycles. The van der Waals surface area contributed by atoms with Gasteiger partial charge in [0.1, 0.15) is 0 Å². The van der Waals surface area contributed by atoms with E-state index in [1.54, 1.807) is 0 Å². The van der Waals surface area contributed by atoms with Gasteiger partial charge in [0.2, 0.25) is 11.8 Å². The van der Waals surface area contributed by atoms with Crippen molar-refractivity contribution < 1.29 is 9.59 Å². The summed E-state index contributed by atoms with van der Waals surface area (Å²) in [5, 5.41) is 4.37. The topological polar surface area (TPSA) is 58.4 Å². The highest BCUT2D eigenvalue weighted by Crippen LogP contribution is 2.45. The van der Waals surface area contributed by atoms with E-state index in [1.807, 2.05) is 20.7 Å². The molecule has 142 valence electrons.